The van der Waals surface area contributed by atoms with Gasteiger partial charge in [0, 0.05) is 18.6 Å². The van der Waals surface area contributed by atoms with Crippen LogP contribution in [0.1, 0.15) is 30.0 Å². The molecule has 3 heteroatoms. The molecule has 1 saturated heterocycles. The summed E-state index contributed by atoms with van der Waals surface area (Å²) in [6.07, 6.45) is 2.48. The Kier molecular flexibility index (Phi) is 3.78. The number of hydrogen-bond acceptors (Lipinski definition) is 3. The van der Waals surface area contributed by atoms with Crippen LogP contribution < -0.4 is 5.32 Å². The first-order valence-corrected chi connectivity index (χ1v) is 6.55. The van der Waals surface area contributed by atoms with E-state index in [4.69, 9.17) is 4.74 Å². The van der Waals surface area contributed by atoms with Gasteiger partial charge < -0.3 is 10.1 Å². The quantitative estimate of drug-likeness (QED) is 0.854. The summed E-state index contributed by atoms with van der Waals surface area (Å²) in [4.78, 5) is 0. The van der Waals surface area contributed by atoms with Crippen molar-refractivity contribution >= 4 is 11.3 Å². The molecule has 0 saturated carbocycles. The molecule has 0 aliphatic carbocycles. The lowest BCUT2D eigenvalue weighted by Crippen LogP contribution is -2.31. The average Bonchev–Trinajstić information content (AvgIpc) is 2.68. The Hall–Kier alpha value is -0.380. The minimum atomic E-state index is 0.469. The topological polar surface area (TPSA) is 21.3 Å². The fraction of sp³-hybridized carbons (Fsp3) is 0.667. The lowest BCUT2D eigenvalue weighted by molar-refractivity contribution is 0.0402. The van der Waals surface area contributed by atoms with E-state index in [2.05, 4.69) is 30.0 Å². The van der Waals surface area contributed by atoms with Crippen LogP contribution in [0.25, 0.3) is 0 Å². The van der Waals surface area contributed by atoms with Gasteiger partial charge in [0.1, 0.15) is 0 Å². The third-order valence-electron chi connectivity index (χ3n) is 3.21. The van der Waals surface area contributed by atoms with Crippen molar-refractivity contribution in [3.8, 4) is 0 Å². The number of nitrogens with one attached hydrogen (secondary N) is 1. The summed E-state index contributed by atoms with van der Waals surface area (Å²) in [6, 6.07) is 0.469. The second-order valence-electron chi connectivity index (χ2n) is 4.25. The molecule has 0 amide bonds. The maximum Gasteiger partial charge on any atom is 0.0512 e. The van der Waals surface area contributed by atoms with Crippen molar-refractivity contribution in [2.24, 2.45) is 5.92 Å². The van der Waals surface area contributed by atoms with E-state index in [1.807, 2.05) is 0 Å². The van der Waals surface area contributed by atoms with Crippen LogP contribution in [0.5, 0.6) is 0 Å². The Balaban J connectivity index is 2.12. The van der Waals surface area contributed by atoms with Crippen LogP contribution in [0.3, 0.4) is 0 Å². The maximum absolute atomic E-state index is 5.57. The zero-order valence-electron chi connectivity index (χ0n) is 9.45. The zero-order chi connectivity index (χ0) is 10.7. The molecule has 2 unspecified atom stereocenters. The van der Waals surface area contributed by atoms with Gasteiger partial charge >= 0.3 is 0 Å². The minimum Gasteiger partial charge on any atom is -0.381 e. The van der Waals surface area contributed by atoms with Gasteiger partial charge in [-0.1, -0.05) is 0 Å². The smallest absolute Gasteiger partial charge is 0.0512 e. The van der Waals surface area contributed by atoms with E-state index in [0.717, 1.165) is 13.2 Å². The predicted octanol–water partition coefficient (Wildman–Crippen LogP) is 2.74. The van der Waals surface area contributed by atoms with Gasteiger partial charge in [0.15, 0.2) is 0 Å². The van der Waals surface area contributed by atoms with E-state index in [1.54, 1.807) is 11.3 Å². The summed E-state index contributed by atoms with van der Waals surface area (Å²) in [5, 5.41) is 7.94. The highest BCUT2D eigenvalue weighted by atomic mass is 32.1. The lowest BCUT2D eigenvalue weighted by atomic mass is 9.89. The standard InChI is InChI=1S/C12H19NOS/c1-9-7-15-8-11(9)12(13-2)10-4-3-5-14-6-10/h7-8,10,12-13H,3-6H2,1-2H3. The van der Waals surface area contributed by atoms with Gasteiger partial charge in [-0.2, -0.15) is 11.3 Å². The first kappa shape index (κ1) is 11.1. The van der Waals surface area contributed by atoms with E-state index in [0.29, 0.717) is 12.0 Å². The fourth-order valence-electron chi connectivity index (χ4n) is 2.36. The first-order valence-electron chi connectivity index (χ1n) is 5.60. The summed E-state index contributed by atoms with van der Waals surface area (Å²) >= 11 is 1.79. The Labute approximate surface area is 95.6 Å². The molecule has 1 aliphatic heterocycles. The van der Waals surface area contributed by atoms with E-state index in [9.17, 15) is 0 Å². The molecule has 84 valence electrons. The van der Waals surface area contributed by atoms with Crippen molar-refractivity contribution < 1.29 is 4.74 Å². The monoisotopic (exact) mass is 225 g/mol. The van der Waals surface area contributed by atoms with Crippen molar-refractivity contribution in [3.63, 3.8) is 0 Å². The van der Waals surface area contributed by atoms with E-state index < -0.39 is 0 Å². The number of aryl methyl sites for hydroxylation is 1. The molecule has 1 aromatic heterocycles. The van der Waals surface area contributed by atoms with Crippen LogP contribution in [0, 0.1) is 12.8 Å². The summed E-state index contributed by atoms with van der Waals surface area (Å²) in [6.45, 7) is 4.04. The van der Waals surface area contributed by atoms with Gasteiger partial charge in [0.05, 0.1) is 6.61 Å². The molecule has 2 rings (SSSR count). The lowest BCUT2D eigenvalue weighted by Gasteiger charge is -2.30. The van der Waals surface area contributed by atoms with Crippen molar-refractivity contribution in [2.75, 3.05) is 20.3 Å². The Bertz CT molecular complexity index is 304. The van der Waals surface area contributed by atoms with Crippen molar-refractivity contribution in [2.45, 2.75) is 25.8 Å². The molecule has 0 radical (unpaired) electrons. The summed E-state index contributed by atoms with van der Waals surface area (Å²) in [5.74, 6) is 0.636. The first-order chi connectivity index (χ1) is 7.33. The molecule has 2 nitrogen and oxygen atoms in total. The van der Waals surface area contributed by atoms with Crippen molar-refractivity contribution in [1.82, 2.24) is 5.32 Å². The van der Waals surface area contributed by atoms with Gasteiger partial charge in [-0.05, 0) is 48.7 Å². The van der Waals surface area contributed by atoms with Crippen LogP contribution in [0.4, 0.5) is 0 Å². The number of hydrogen-bond donors (Lipinski definition) is 1. The van der Waals surface area contributed by atoms with Crippen LogP contribution in [-0.4, -0.2) is 20.3 Å². The molecule has 0 aromatic carbocycles. The van der Waals surface area contributed by atoms with E-state index in [1.165, 1.54) is 24.0 Å². The van der Waals surface area contributed by atoms with Gasteiger partial charge in [0.25, 0.3) is 0 Å². The molecule has 15 heavy (non-hydrogen) atoms. The Morgan fingerprint density at radius 3 is 2.93 bits per heavy atom. The van der Waals surface area contributed by atoms with E-state index in [-0.39, 0.29) is 0 Å². The third-order valence-corrected chi connectivity index (χ3v) is 4.09. The number of thiophene rings is 1. The molecule has 2 atom stereocenters. The van der Waals surface area contributed by atoms with E-state index >= 15 is 0 Å². The second-order valence-corrected chi connectivity index (χ2v) is 5.00. The minimum absolute atomic E-state index is 0.469. The maximum atomic E-state index is 5.57. The average molecular weight is 225 g/mol. The molecule has 1 N–H and O–H groups in total. The molecule has 1 fully saturated rings. The second kappa shape index (κ2) is 5.10. The van der Waals surface area contributed by atoms with Crippen molar-refractivity contribution in [3.05, 3.63) is 21.9 Å². The Morgan fingerprint density at radius 1 is 1.53 bits per heavy atom. The predicted molar refractivity (Wildman–Crippen MR) is 64.4 cm³/mol. The van der Waals surface area contributed by atoms with Crippen molar-refractivity contribution in [1.29, 1.82) is 0 Å². The van der Waals surface area contributed by atoms with Gasteiger partial charge in [-0.25, -0.2) is 0 Å². The highest BCUT2D eigenvalue weighted by Crippen LogP contribution is 2.31. The summed E-state index contributed by atoms with van der Waals surface area (Å²) in [5.41, 5.74) is 2.86. The van der Waals surface area contributed by atoms with Crippen LogP contribution in [0.15, 0.2) is 10.8 Å². The number of ether oxygens (including phenoxy) is 1. The highest BCUT2D eigenvalue weighted by molar-refractivity contribution is 7.08. The summed E-state index contributed by atoms with van der Waals surface area (Å²) in [7, 11) is 2.05. The molecule has 0 bridgehead atoms. The number of rotatable bonds is 3. The molecular formula is C12H19NOS. The van der Waals surface area contributed by atoms with Crippen LogP contribution in [0.2, 0.25) is 0 Å². The highest BCUT2D eigenvalue weighted by Gasteiger charge is 2.25. The summed E-state index contributed by atoms with van der Waals surface area (Å²) < 4.78 is 5.57. The van der Waals surface area contributed by atoms with Gasteiger partial charge in [-0.3, -0.25) is 0 Å². The largest absolute Gasteiger partial charge is 0.381 e. The van der Waals surface area contributed by atoms with Gasteiger partial charge in [0.2, 0.25) is 0 Å². The molecule has 1 aliphatic rings. The van der Waals surface area contributed by atoms with Crippen LogP contribution in [-0.2, 0) is 4.74 Å². The molecule has 0 spiro atoms. The zero-order valence-corrected chi connectivity index (χ0v) is 10.3. The normalized spacial score (nSPS) is 24.0. The molecule has 2 heterocycles. The molecular weight excluding hydrogens is 206 g/mol. The van der Waals surface area contributed by atoms with Gasteiger partial charge in [-0.15, -0.1) is 0 Å². The third kappa shape index (κ3) is 2.41. The molecule has 1 aromatic rings. The van der Waals surface area contributed by atoms with Crippen LogP contribution >= 0.6 is 11.3 Å². The Morgan fingerprint density at radius 2 is 2.40 bits per heavy atom. The SMILES string of the molecule is CNC(c1cscc1C)C1CCCOC1. The fourth-order valence-corrected chi connectivity index (χ4v) is 3.25.